The molecule has 2 saturated heterocycles. The Kier molecular flexibility index (Phi) is 6.75. The third-order valence-corrected chi connectivity index (χ3v) is 10.4. The number of hydrogen-bond donors (Lipinski definition) is 1. The monoisotopic (exact) mass is 638 g/mol. The molecular formula is C28H29BrCl2N2O6. The van der Waals surface area contributed by atoms with Crippen molar-refractivity contribution in [3.63, 3.8) is 0 Å². The molecule has 4 amide bonds. The average molecular weight is 640 g/mol. The second-order valence-corrected chi connectivity index (χ2v) is 13.2. The van der Waals surface area contributed by atoms with Crippen LogP contribution in [0.4, 0.5) is 0 Å². The van der Waals surface area contributed by atoms with Gasteiger partial charge >= 0.3 is 0 Å². The van der Waals surface area contributed by atoms with Crippen LogP contribution in [0.15, 0.2) is 35.9 Å². The second-order valence-electron chi connectivity index (χ2n) is 11.5. The quantitative estimate of drug-likeness (QED) is 0.226. The number of alkyl halides is 3. The number of carbonyl (C=O) groups excluding carboxylic acids is 4. The second kappa shape index (κ2) is 9.35. The van der Waals surface area contributed by atoms with Crippen molar-refractivity contribution >= 4 is 68.8 Å². The fourth-order valence-electron chi connectivity index (χ4n) is 6.67. The molecule has 1 aromatic rings. The molecule has 1 aromatic carbocycles. The van der Waals surface area contributed by atoms with Crippen molar-refractivity contribution in [2.75, 3.05) is 12.6 Å². The first-order valence-electron chi connectivity index (χ1n) is 12.7. The summed E-state index contributed by atoms with van der Waals surface area (Å²) in [5.74, 6) is -4.23. The smallest absolute Gasteiger partial charge is 0.254 e. The van der Waals surface area contributed by atoms with E-state index in [4.69, 9.17) is 27.9 Å². The van der Waals surface area contributed by atoms with E-state index in [0.717, 1.165) is 10.5 Å². The van der Waals surface area contributed by atoms with Crippen LogP contribution in [-0.4, -0.2) is 66.4 Å². The van der Waals surface area contributed by atoms with Gasteiger partial charge in [-0.1, -0.05) is 45.8 Å². The number of carbonyl (C=O) groups is 4. The Bertz CT molecular complexity index is 1360. The number of halogens is 3. The summed E-state index contributed by atoms with van der Waals surface area (Å²) in [4.78, 5) is 53.1. The Morgan fingerprint density at radius 3 is 2.44 bits per heavy atom. The van der Waals surface area contributed by atoms with Gasteiger partial charge in [-0.05, 0) is 57.2 Å². The van der Waals surface area contributed by atoms with E-state index < -0.39 is 50.8 Å². The van der Waals surface area contributed by atoms with E-state index in [1.54, 1.807) is 24.3 Å². The van der Waals surface area contributed by atoms with Crippen molar-refractivity contribution in [2.45, 2.75) is 48.9 Å². The molecule has 2 aliphatic carbocycles. The number of hydrogen-bond acceptors (Lipinski definition) is 6. The number of methoxy groups -OCH3 is 1. The van der Waals surface area contributed by atoms with Crippen LogP contribution in [0.1, 0.15) is 39.2 Å². The molecule has 0 radical (unpaired) electrons. The first kappa shape index (κ1) is 28.2. The van der Waals surface area contributed by atoms with Crippen molar-refractivity contribution in [3.8, 4) is 11.5 Å². The zero-order chi connectivity index (χ0) is 28.7. The number of rotatable bonds is 4. The number of fused-ring (bicyclic) bond motifs is 4. The summed E-state index contributed by atoms with van der Waals surface area (Å²) in [7, 11) is 1.44. The van der Waals surface area contributed by atoms with Gasteiger partial charge in [0.15, 0.2) is 21.2 Å². The number of ether oxygens (including phenoxy) is 1. The van der Waals surface area contributed by atoms with Gasteiger partial charge in [-0.15, -0.1) is 23.2 Å². The average Bonchev–Trinajstić information content (AvgIpc) is 3.22. The van der Waals surface area contributed by atoms with Gasteiger partial charge in [0.25, 0.3) is 11.8 Å². The number of nitrogens with zero attached hydrogens (tertiary/aromatic N) is 2. The number of aromatic hydroxyl groups is 1. The van der Waals surface area contributed by atoms with Crippen molar-refractivity contribution in [1.82, 2.24) is 9.80 Å². The number of allylic oxidation sites excluding steroid dienone is 3. The summed E-state index contributed by atoms with van der Waals surface area (Å²) < 4.78 is 5.21. The molecule has 208 valence electrons. The molecule has 11 heteroatoms. The molecule has 0 unspecified atom stereocenters. The minimum atomic E-state index is -1.85. The number of phenols is 1. The van der Waals surface area contributed by atoms with Crippen molar-refractivity contribution in [3.05, 3.63) is 41.5 Å². The molecule has 0 bridgehead atoms. The highest BCUT2D eigenvalue weighted by Gasteiger charge is 2.75. The molecule has 1 saturated carbocycles. The molecule has 0 aromatic heterocycles. The number of imide groups is 2. The predicted octanol–water partition coefficient (Wildman–Crippen LogP) is 4.46. The van der Waals surface area contributed by atoms with Gasteiger partial charge in [0.05, 0.1) is 24.4 Å². The Hall–Kier alpha value is -2.36. The van der Waals surface area contributed by atoms with Gasteiger partial charge in [0, 0.05) is 11.5 Å². The molecule has 4 aliphatic rings. The molecule has 39 heavy (non-hydrogen) atoms. The predicted molar refractivity (Wildman–Crippen MR) is 149 cm³/mol. The van der Waals surface area contributed by atoms with Crippen molar-refractivity contribution in [2.24, 2.45) is 23.7 Å². The molecule has 5 rings (SSSR count). The van der Waals surface area contributed by atoms with Crippen LogP contribution in [0.2, 0.25) is 0 Å². The zero-order valence-corrected chi connectivity index (χ0v) is 25.0. The van der Waals surface area contributed by atoms with Crippen LogP contribution in [0.25, 0.3) is 6.08 Å². The Balaban J connectivity index is 1.65. The molecule has 6 atom stereocenters. The molecule has 1 N–H and O–H groups in total. The van der Waals surface area contributed by atoms with Gasteiger partial charge in [-0.3, -0.25) is 29.0 Å². The lowest BCUT2D eigenvalue weighted by atomic mass is 9.57. The van der Waals surface area contributed by atoms with Gasteiger partial charge in [0.2, 0.25) is 11.8 Å². The number of amides is 4. The minimum Gasteiger partial charge on any atom is -0.504 e. The van der Waals surface area contributed by atoms with Gasteiger partial charge < -0.3 is 9.84 Å². The van der Waals surface area contributed by atoms with E-state index in [-0.39, 0.29) is 35.2 Å². The zero-order valence-electron chi connectivity index (χ0n) is 21.9. The third kappa shape index (κ3) is 3.83. The van der Waals surface area contributed by atoms with Gasteiger partial charge in [0.1, 0.15) is 0 Å². The molecule has 0 spiro atoms. The standard InChI is InChI=1S/C28H29BrCl2N2O6/c1-26(2,3)33-22(35)16-8-7-15-17(21(16)23(33)36)12-27(30)24(37)32(13-29)25(38)28(27,31)18(15)9-5-14-6-10-19(34)20(11-14)39-4/h5-7,9-11,16-18,21,34H,8,12-13H2,1-4H3/t16-,17+,18-,21-,27+,28-/m0/s1. The molecule has 8 nitrogen and oxygen atoms in total. The fraction of sp³-hybridized carbons (Fsp3) is 0.500. The molecule has 2 aliphatic heterocycles. The van der Waals surface area contributed by atoms with E-state index in [2.05, 4.69) is 15.9 Å². The van der Waals surface area contributed by atoms with Gasteiger partial charge in [-0.2, -0.15) is 0 Å². The SMILES string of the molecule is COc1cc(C=C[C@H]2C3=CC[C@@H]4C(=O)N(C(C)(C)C)C(=O)[C@@H]4[C@@H]3C[C@@]3(Cl)C(=O)N(CBr)C(=O)[C@@]23Cl)ccc1O. The van der Waals surface area contributed by atoms with Crippen LogP contribution in [-0.2, 0) is 19.2 Å². The maximum absolute atomic E-state index is 13.8. The van der Waals surface area contributed by atoms with Crippen LogP contribution >= 0.6 is 39.1 Å². The van der Waals surface area contributed by atoms with E-state index >= 15 is 0 Å². The van der Waals surface area contributed by atoms with E-state index in [1.165, 1.54) is 18.1 Å². The maximum atomic E-state index is 13.8. The van der Waals surface area contributed by atoms with Crippen molar-refractivity contribution < 1.29 is 29.0 Å². The lowest BCUT2D eigenvalue weighted by Gasteiger charge is -2.49. The van der Waals surface area contributed by atoms with Crippen LogP contribution < -0.4 is 4.74 Å². The summed E-state index contributed by atoms with van der Waals surface area (Å²) in [5.41, 5.74) is 0.586. The van der Waals surface area contributed by atoms with E-state index in [1.807, 2.05) is 26.8 Å². The highest BCUT2D eigenvalue weighted by atomic mass is 79.9. The van der Waals surface area contributed by atoms with Crippen molar-refractivity contribution in [1.29, 1.82) is 0 Å². The summed E-state index contributed by atoms with van der Waals surface area (Å²) >= 11 is 17.5. The Morgan fingerprint density at radius 2 is 1.82 bits per heavy atom. The van der Waals surface area contributed by atoms with E-state index in [9.17, 15) is 24.3 Å². The summed E-state index contributed by atoms with van der Waals surface area (Å²) in [6, 6.07) is 4.77. The van der Waals surface area contributed by atoms with Crippen LogP contribution in [0, 0.1) is 23.7 Å². The summed E-state index contributed by atoms with van der Waals surface area (Å²) in [5, 5.41) is 9.98. The lowest BCUT2D eigenvalue weighted by molar-refractivity contribution is -0.146. The lowest BCUT2D eigenvalue weighted by Crippen LogP contribution is -2.60. The number of phenolic OH excluding ortho intramolecular Hbond substituents is 1. The van der Waals surface area contributed by atoms with Gasteiger partial charge in [-0.25, -0.2) is 0 Å². The molecule has 3 fully saturated rings. The summed E-state index contributed by atoms with van der Waals surface area (Å²) in [6.45, 7) is 5.44. The van der Waals surface area contributed by atoms with E-state index in [0.29, 0.717) is 12.0 Å². The van der Waals surface area contributed by atoms with Crippen LogP contribution in [0.5, 0.6) is 11.5 Å². The Labute approximate surface area is 245 Å². The highest BCUT2D eigenvalue weighted by molar-refractivity contribution is 9.09. The third-order valence-electron chi connectivity index (χ3n) is 8.43. The number of benzene rings is 1. The normalized spacial score (nSPS) is 34.4. The Morgan fingerprint density at radius 1 is 1.13 bits per heavy atom. The number of likely N-dealkylation sites (tertiary alicyclic amines) is 2. The highest BCUT2D eigenvalue weighted by Crippen LogP contribution is 2.63. The molecule has 2 heterocycles. The first-order chi connectivity index (χ1) is 18.2. The maximum Gasteiger partial charge on any atom is 0.254 e. The first-order valence-corrected chi connectivity index (χ1v) is 14.5. The topological polar surface area (TPSA) is 104 Å². The largest absolute Gasteiger partial charge is 0.504 e. The van der Waals surface area contributed by atoms with Crippen LogP contribution in [0.3, 0.4) is 0 Å². The molecular weight excluding hydrogens is 611 g/mol. The fourth-order valence-corrected chi connectivity index (χ4v) is 8.05. The minimum absolute atomic E-state index is 0.0284. The summed E-state index contributed by atoms with van der Waals surface area (Å²) in [6.07, 6.45) is 5.61.